The van der Waals surface area contributed by atoms with Gasteiger partial charge >= 0.3 is 0 Å². The average Bonchev–Trinajstić information content (AvgIpc) is 2.76. The Balaban J connectivity index is 1.56. The van der Waals surface area contributed by atoms with Crippen molar-refractivity contribution in [3.05, 3.63) is 95.1 Å². The van der Waals surface area contributed by atoms with Crippen molar-refractivity contribution in [2.75, 3.05) is 13.3 Å². The third-order valence-corrected chi connectivity index (χ3v) is 4.12. The highest BCUT2D eigenvalue weighted by molar-refractivity contribution is 5.94. The zero-order valence-electron chi connectivity index (χ0n) is 16.3. The number of para-hydroxylation sites is 2. The molecule has 3 aromatic carbocycles. The van der Waals surface area contributed by atoms with Gasteiger partial charge in [0.25, 0.3) is 0 Å². The zero-order chi connectivity index (χ0) is 21.0. The highest BCUT2D eigenvalue weighted by Crippen LogP contribution is 2.13. The molecule has 0 aromatic heterocycles. The Morgan fingerprint density at radius 3 is 1.13 bits per heavy atom. The quantitative estimate of drug-likeness (QED) is 0.560. The van der Waals surface area contributed by atoms with E-state index in [9.17, 15) is 10.2 Å². The van der Waals surface area contributed by atoms with Crippen molar-refractivity contribution >= 4 is 24.9 Å². The number of nitrogens with zero attached hydrogens (tertiary/aromatic N) is 4. The average molecular weight is 398 g/mol. The summed E-state index contributed by atoms with van der Waals surface area (Å²) in [5.74, 6) is 0.383. The number of rotatable bonds is 8. The van der Waals surface area contributed by atoms with Gasteiger partial charge in [-0.1, -0.05) is 48.5 Å². The first-order valence-electron chi connectivity index (χ1n) is 9.38. The van der Waals surface area contributed by atoms with Gasteiger partial charge in [0.05, 0.1) is 0 Å². The number of phenols is 2. The number of phenolic OH excluding ortho intramolecular Hbond substituents is 2. The summed E-state index contributed by atoms with van der Waals surface area (Å²) in [5, 5.41) is 19.4. The van der Waals surface area contributed by atoms with Gasteiger partial charge in [-0.3, -0.25) is 20.0 Å². The first-order valence-corrected chi connectivity index (χ1v) is 9.38. The van der Waals surface area contributed by atoms with E-state index in [-0.39, 0.29) is 24.8 Å². The molecule has 30 heavy (non-hydrogen) atoms. The predicted molar refractivity (Wildman–Crippen MR) is 123 cm³/mol. The molecule has 0 unspecified atom stereocenters. The number of aromatic hydroxyl groups is 2. The lowest BCUT2D eigenvalue weighted by molar-refractivity contribution is 0.474. The smallest absolute Gasteiger partial charge is 0.129 e. The maximum atomic E-state index is 9.71. The maximum absolute atomic E-state index is 9.71. The van der Waals surface area contributed by atoms with E-state index in [1.807, 2.05) is 36.4 Å². The molecule has 0 spiro atoms. The van der Waals surface area contributed by atoms with Gasteiger partial charge in [0, 0.05) is 47.1 Å². The van der Waals surface area contributed by atoms with Crippen LogP contribution in [0.4, 0.5) is 0 Å². The van der Waals surface area contributed by atoms with Gasteiger partial charge in [0.15, 0.2) is 0 Å². The fraction of sp³-hybridized carbons (Fsp3) is 0.0833. The molecule has 3 aromatic rings. The number of hydrogen-bond donors (Lipinski definition) is 2. The molecule has 6 heteroatoms. The molecule has 150 valence electrons. The lowest BCUT2D eigenvalue weighted by Gasteiger charge is -1.99. The summed E-state index contributed by atoms with van der Waals surface area (Å²) in [7, 11) is 0. The Morgan fingerprint density at radius 1 is 0.467 bits per heavy atom. The molecule has 0 aliphatic carbocycles. The first-order chi connectivity index (χ1) is 14.7. The van der Waals surface area contributed by atoms with Gasteiger partial charge in [-0.25, -0.2) is 0 Å². The molecule has 0 radical (unpaired) electrons. The number of hydrogen-bond acceptors (Lipinski definition) is 6. The standard InChI is InChI=1S/C24H22N4O2/c29-23-11-5-3-9-21(23)15-27-17-25-13-19-7-1-2-8-20(19)14-26-18-28-16-22-10-4-6-12-24(22)30/h1-16,29-30H,17-18H2/b25-13+,26-14+,27-15-,28-16-. The SMILES string of the molecule is Oc1ccccc1/C=N\C/N=C/c1ccccc1/C=N/C/N=C\c1ccccc1O. The van der Waals surface area contributed by atoms with Crippen LogP contribution in [0, 0.1) is 0 Å². The number of benzene rings is 3. The summed E-state index contributed by atoms with van der Waals surface area (Å²) in [6, 6.07) is 21.8. The van der Waals surface area contributed by atoms with Crippen molar-refractivity contribution < 1.29 is 10.2 Å². The molecule has 0 aliphatic rings. The second-order valence-corrected chi connectivity index (χ2v) is 6.28. The highest BCUT2D eigenvalue weighted by Gasteiger charge is 1.96. The molecule has 6 nitrogen and oxygen atoms in total. The van der Waals surface area contributed by atoms with Crippen molar-refractivity contribution in [2.45, 2.75) is 0 Å². The Morgan fingerprint density at radius 2 is 0.767 bits per heavy atom. The van der Waals surface area contributed by atoms with Crippen LogP contribution >= 0.6 is 0 Å². The van der Waals surface area contributed by atoms with E-state index in [1.54, 1.807) is 61.3 Å². The maximum Gasteiger partial charge on any atom is 0.129 e. The molecule has 2 N–H and O–H groups in total. The summed E-state index contributed by atoms with van der Waals surface area (Å²) in [4.78, 5) is 17.1. The van der Waals surface area contributed by atoms with E-state index in [0.717, 1.165) is 11.1 Å². The molecule has 0 fully saturated rings. The minimum absolute atomic E-state index is 0.192. The highest BCUT2D eigenvalue weighted by atomic mass is 16.3. The van der Waals surface area contributed by atoms with E-state index in [2.05, 4.69) is 20.0 Å². The summed E-state index contributed by atoms with van der Waals surface area (Å²) in [6.07, 6.45) is 6.69. The normalized spacial score (nSPS) is 12.0. The molecule has 0 amide bonds. The van der Waals surface area contributed by atoms with Crippen LogP contribution in [0.25, 0.3) is 0 Å². The van der Waals surface area contributed by atoms with E-state index in [1.165, 1.54) is 0 Å². The van der Waals surface area contributed by atoms with Gasteiger partial charge in [-0.2, -0.15) is 0 Å². The van der Waals surface area contributed by atoms with Crippen molar-refractivity contribution in [3.63, 3.8) is 0 Å². The van der Waals surface area contributed by atoms with Crippen molar-refractivity contribution in [2.24, 2.45) is 20.0 Å². The largest absolute Gasteiger partial charge is 0.507 e. The van der Waals surface area contributed by atoms with Gasteiger partial charge in [0.2, 0.25) is 0 Å². The van der Waals surface area contributed by atoms with Crippen LogP contribution in [0.1, 0.15) is 22.3 Å². The van der Waals surface area contributed by atoms with Crippen LogP contribution in [-0.4, -0.2) is 48.4 Å². The summed E-state index contributed by atoms with van der Waals surface area (Å²) in [6.45, 7) is 0.509. The van der Waals surface area contributed by atoms with E-state index in [0.29, 0.717) is 11.1 Å². The van der Waals surface area contributed by atoms with Crippen LogP contribution in [0.5, 0.6) is 11.5 Å². The lowest BCUT2D eigenvalue weighted by atomic mass is 10.1. The summed E-state index contributed by atoms with van der Waals surface area (Å²) in [5.41, 5.74) is 3.15. The van der Waals surface area contributed by atoms with Crippen LogP contribution in [0.3, 0.4) is 0 Å². The van der Waals surface area contributed by atoms with E-state index in [4.69, 9.17) is 0 Å². The van der Waals surface area contributed by atoms with Crippen LogP contribution in [0.2, 0.25) is 0 Å². The van der Waals surface area contributed by atoms with Gasteiger partial charge in [-0.05, 0) is 24.3 Å². The minimum Gasteiger partial charge on any atom is -0.507 e. The molecule has 0 atom stereocenters. The van der Waals surface area contributed by atoms with Gasteiger partial charge < -0.3 is 10.2 Å². The van der Waals surface area contributed by atoms with E-state index < -0.39 is 0 Å². The zero-order valence-corrected chi connectivity index (χ0v) is 16.3. The summed E-state index contributed by atoms with van der Waals surface area (Å²) >= 11 is 0. The Kier molecular flexibility index (Phi) is 7.62. The molecule has 0 heterocycles. The Labute approximate surface area is 175 Å². The van der Waals surface area contributed by atoms with Crippen LogP contribution < -0.4 is 0 Å². The second-order valence-electron chi connectivity index (χ2n) is 6.28. The lowest BCUT2D eigenvalue weighted by Crippen LogP contribution is -1.93. The van der Waals surface area contributed by atoms with Crippen molar-refractivity contribution in [3.8, 4) is 11.5 Å². The first kappa shape index (κ1) is 20.7. The Bertz CT molecular complexity index is 1000. The summed E-state index contributed by atoms with van der Waals surface area (Å²) < 4.78 is 0. The third kappa shape index (κ3) is 6.24. The number of aliphatic imine (C=N–C) groups is 4. The van der Waals surface area contributed by atoms with Crippen LogP contribution in [-0.2, 0) is 0 Å². The molecular formula is C24H22N4O2. The molecule has 0 bridgehead atoms. The second kappa shape index (κ2) is 11.1. The topological polar surface area (TPSA) is 89.9 Å². The fourth-order valence-electron chi connectivity index (χ4n) is 2.59. The van der Waals surface area contributed by atoms with Crippen LogP contribution in [0.15, 0.2) is 92.8 Å². The Hall–Kier alpha value is -4.06. The fourth-order valence-corrected chi connectivity index (χ4v) is 2.59. The van der Waals surface area contributed by atoms with E-state index >= 15 is 0 Å². The third-order valence-electron chi connectivity index (χ3n) is 4.12. The molecule has 0 saturated heterocycles. The van der Waals surface area contributed by atoms with Crippen molar-refractivity contribution in [1.82, 2.24) is 0 Å². The molecule has 0 aliphatic heterocycles. The predicted octanol–water partition coefficient (Wildman–Crippen LogP) is 4.09. The minimum atomic E-state index is 0.192. The molecule has 3 rings (SSSR count). The van der Waals surface area contributed by atoms with Gasteiger partial charge in [0.1, 0.15) is 24.8 Å². The van der Waals surface area contributed by atoms with Crippen molar-refractivity contribution in [1.29, 1.82) is 0 Å². The monoisotopic (exact) mass is 398 g/mol. The van der Waals surface area contributed by atoms with Gasteiger partial charge in [-0.15, -0.1) is 0 Å². The molecule has 0 saturated carbocycles. The molecular weight excluding hydrogens is 376 g/mol.